The van der Waals surface area contributed by atoms with Gasteiger partial charge in [-0.25, -0.2) is 15.0 Å². The van der Waals surface area contributed by atoms with Gasteiger partial charge < -0.3 is 0 Å². The molecule has 0 atom stereocenters. The molecule has 0 N–H and O–H groups in total. The van der Waals surface area contributed by atoms with Crippen molar-refractivity contribution < 1.29 is 0 Å². The fraction of sp³-hybridized carbons (Fsp3) is 0. The highest BCUT2D eigenvalue weighted by Crippen LogP contribution is 2.38. The van der Waals surface area contributed by atoms with E-state index in [1.807, 2.05) is 12.1 Å². The Morgan fingerprint density at radius 1 is 0.278 bits per heavy atom. The Kier molecular flexibility index (Phi) is 7.81. The Balaban J connectivity index is 1.12. The van der Waals surface area contributed by atoms with E-state index < -0.39 is 0 Å². The first kappa shape index (κ1) is 31.5. The van der Waals surface area contributed by atoms with E-state index in [1.165, 1.54) is 32.8 Å². The molecule has 0 amide bonds. The van der Waals surface area contributed by atoms with Crippen molar-refractivity contribution in [3.8, 4) is 67.4 Å². The minimum absolute atomic E-state index is 0.681. The summed E-state index contributed by atoms with van der Waals surface area (Å²) in [6.45, 7) is 0. The number of pyridine rings is 1. The summed E-state index contributed by atoms with van der Waals surface area (Å²) in [7, 11) is 0. The number of rotatable bonds is 6. The van der Waals surface area contributed by atoms with Gasteiger partial charge in [0.05, 0.1) is 22.6 Å². The number of hydrogen-bond donors (Lipinski definition) is 0. The van der Waals surface area contributed by atoms with E-state index >= 15 is 0 Å². The molecule has 3 nitrogen and oxygen atoms in total. The molecule has 0 saturated heterocycles. The first-order valence-corrected chi connectivity index (χ1v) is 18.3. The summed E-state index contributed by atoms with van der Waals surface area (Å²) in [6.07, 6.45) is 0. The number of benzene rings is 8. The summed E-state index contributed by atoms with van der Waals surface area (Å²) in [5, 5.41) is 5.96. The average molecular weight is 688 g/mol. The van der Waals surface area contributed by atoms with Gasteiger partial charge >= 0.3 is 0 Å². The second-order valence-corrected chi connectivity index (χ2v) is 13.6. The lowest BCUT2D eigenvalue weighted by molar-refractivity contribution is 1.18. The standard InChI is InChI=1S/C51H33N3/c1-3-12-34(13-4-1)36-22-26-39(27-23-36)47-33-48(54-51(53-47)40-28-24-37(25-29-40)35-14-5-2-6-15-35)41-17-11-18-42(32-41)50-45-31-30-38-16-7-8-19-43(38)49(45)44-20-9-10-21-46(44)52-50/h1-33H. The molecule has 252 valence electrons. The van der Waals surface area contributed by atoms with Crippen molar-refractivity contribution in [1.82, 2.24) is 15.0 Å². The molecule has 10 aromatic rings. The molecule has 8 aromatic carbocycles. The van der Waals surface area contributed by atoms with Gasteiger partial charge in [-0.15, -0.1) is 0 Å². The summed E-state index contributed by atoms with van der Waals surface area (Å²) in [5.74, 6) is 0.681. The molecule has 0 spiro atoms. The SMILES string of the molecule is c1ccc(-c2ccc(-c3cc(-c4cccc(-c5nc6ccccc6c6c5ccc5ccccc56)c4)nc(-c4ccc(-c5ccccc5)cc4)n3)cc2)cc1. The third-order valence-electron chi connectivity index (χ3n) is 10.3. The van der Waals surface area contributed by atoms with Gasteiger partial charge in [-0.2, -0.15) is 0 Å². The zero-order valence-electron chi connectivity index (χ0n) is 29.4. The van der Waals surface area contributed by atoms with Gasteiger partial charge in [0, 0.05) is 38.4 Å². The van der Waals surface area contributed by atoms with Crippen molar-refractivity contribution in [1.29, 1.82) is 0 Å². The highest BCUT2D eigenvalue weighted by atomic mass is 14.9. The summed E-state index contributed by atoms with van der Waals surface area (Å²) in [4.78, 5) is 15.7. The molecule has 0 saturated carbocycles. The van der Waals surface area contributed by atoms with Crippen LogP contribution >= 0.6 is 0 Å². The molecule has 54 heavy (non-hydrogen) atoms. The van der Waals surface area contributed by atoms with Crippen LogP contribution in [0.5, 0.6) is 0 Å². The quantitative estimate of drug-likeness (QED) is 0.163. The molecule has 2 aromatic heterocycles. The second kappa shape index (κ2) is 13.4. The predicted octanol–water partition coefficient (Wildman–Crippen LogP) is 13.3. The van der Waals surface area contributed by atoms with Gasteiger partial charge in [0.25, 0.3) is 0 Å². The van der Waals surface area contributed by atoms with Gasteiger partial charge in [0.2, 0.25) is 0 Å². The van der Waals surface area contributed by atoms with Crippen LogP contribution in [0.4, 0.5) is 0 Å². The Morgan fingerprint density at radius 3 is 1.50 bits per heavy atom. The maximum absolute atomic E-state index is 5.28. The monoisotopic (exact) mass is 687 g/mol. The molecule has 0 radical (unpaired) electrons. The topological polar surface area (TPSA) is 38.7 Å². The maximum Gasteiger partial charge on any atom is 0.160 e. The lowest BCUT2D eigenvalue weighted by Crippen LogP contribution is -1.97. The van der Waals surface area contributed by atoms with Crippen molar-refractivity contribution in [2.45, 2.75) is 0 Å². The number of hydrogen-bond acceptors (Lipinski definition) is 3. The Bertz CT molecular complexity index is 2840. The lowest BCUT2D eigenvalue weighted by atomic mass is 9.94. The summed E-state index contributed by atoms with van der Waals surface area (Å²) in [5.41, 5.74) is 12.4. The Morgan fingerprint density at radius 2 is 0.796 bits per heavy atom. The highest BCUT2D eigenvalue weighted by molar-refractivity contribution is 6.22. The number of fused-ring (bicyclic) bond motifs is 5. The number of nitrogens with zero attached hydrogens (tertiary/aromatic N) is 3. The zero-order chi connectivity index (χ0) is 35.8. The Labute approximate surface area is 313 Å². The smallest absolute Gasteiger partial charge is 0.160 e. The Hall–Kier alpha value is -7.23. The molecular formula is C51H33N3. The molecule has 10 rings (SSSR count). The van der Waals surface area contributed by atoms with Crippen LogP contribution in [0.3, 0.4) is 0 Å². The van der Waals surface area contributed by atoms with E-state index in [0.29, 0.717) is 5.82 Å². The van der Waals surface area contributed by atoms with Crippen molar-refractivity contribution >= 4 is 32.4 Å². The first-order valence-electron chi connectivity index (χ1n) is 18.3. The van der Waals surface area contributed by atoms with E-state index in [2.05, 4.69) is 188 Å². The van der Waals surface area contributed by atoms with E-state index in [-0.39, 0.29) is 0 Å². The van der Waals surface area contributed by atoms with E-state index in [0.717, 1.165) is 61.2 Å². The van der Waals surface area contributed by atoms with Crippen molar-refractivity contribution in [3.63, 3.8) is 0 Å². The van der Waals surface area contributed by atoms with E-state index in [1.54, 1.807) is 0 Å². The van der Waals surface area contributed by atoms with Crippen LogP contribution in [-0.2, 0) is 0 Å². The van der Waals surface area contributed by atoms with Crippen LogP contribution < -0.4 is 0 Å². The molecule has 0 aliphatic rings. The number of para-hydroxylation sites is 1. The van der Waals surface area contributed by atoms with Crippen molar-refractivity contribution in [2.24, 2.45) is 0 Å². The van der Waals surface area contributed by atoms with Crippen LogP contribution in [0, 0.1) is 0 Å². The largest absolute Gasteiger partial charge is 0.247 e. The third-order valence-corrected chi connectivity index (χ3v) is 10.3. The summed E-state index contributed by atoms with van der Waals surface area (Å²) >= 11 is 0. The van der Waals surface area contributed by atoms with Gasteiger partial charge in [0.1, 0.15) is 0 Å². The van der Waals surface area contributed by atoms with Crippen LogP contribution in [0.2, 0.25) is 0 Å². The van der Waals surface area contributed by atoms with Gasteiger partial charge in [-0.1, -0.05) is 182 Å². The van der Waals surface area contributed by atoms with Crippen LogP contribution in [-0.4, -0.2) is 15.0 Å². The average Bonchev–Trinajstić information content (AvgIpc) is 3.26. The molecule has 0 aliphatic carbocycles. The molecule has 0 unspecified atom stereocenters. The van der Waals surface area contributed by atoms with Gasteiger partial charge in [0.15, 0.2) is 5.82 Å². The molecule has 0 fully saturated rings. The third kappa shape index (κ3) is 5.78. The van der Waals surface area contributed by atoms with E-state index in [9.17, 15) is 0 Å². The highest BCUT2D eigenvalue weighted by Gasteiger charge is 2.16. The van der Waals surface area contributed by atoms with E-state index in [4.69, 9.17) is 15.0 Å². The first-order chi connectivity index (χ1) is 26.7. The normalized spacial score (nSPS) is 11.3. The fourth-order valence-electron chi connectivity index (χ4n) is 7.55. The lowest BCUT2D eigenvalue weighted by Gasteiger charge is -2.14. The summed E-state index contributed by atoms with van der Waals surface area (Å²) in [6, 6.07) is 70.3. The summed E-state index contributed by atoms with van der Waals surface area (Å²) < 4.78 is 0. The predicted molar refractivity (Wildman–Crippen MR) is 225 cm³/mol. The molecular weight excluding hydrogens is 655 g/mol. The molecule has 0 bridgehead atoms. The second-order valence-electron chi connectivity index (χ2n) is 13.6. The van der Waals surface area contributed by atoms with Crippen molar-refractivity contribution in [2.75, 3.05) is 0 Å². The zero-order valence-corrected chi connectivity index (χ0v) is 29.4. The van der Waals surface area contributed by atoms with Crippen LogP contribution in [0.1, 0.15) is 0 Å². The van der Waals surface area contributed by atoms with Gasteiger partial charge in [-0.3, -0.25) is 0 Å². The van der Waals surface area contributed by atoms with Gasteiger partial charge in [-0.05, 0) is 51.2 Å². The minimum atomic E-state index is 0.681. The number of aromatic nitrogens is 3. The minimum Gasteiger partial charge on any atom is -0.247 e. The fourth-order valence-corrected chi connectivity index (χ4v) is 7.55. The molecule has 3 heteroatoms. The van der Waals surface area contributed by atoms with Crippen LogP contribution in [0.15, 0.2) is 200 Å². The maximum atomic E-state index is 5.28. The van der Waals surface area contributed by atoms with Crippen LogP contribution in [0.25, 0.3) is 99.9 Å². The molecule has 0 aliphatic heterocycles. The van der Waals surface area contributed by atoms with Crippen molar-refractivity contribution in [3.05, 3.63) is 200 Å². The molecule has 2 heterocycles.